The highest BCUT2D eigenvalue weighted by atomic mass is 35.5. The van der Waals surface area contributed by atoms with Gasteiger partial charge in [0.25, 0.3) is 5.91 Å². The monoisotopic (exact) mass is 593 g/mol. The number of aromatic nitrogens is 2. The summed E-state index contributed by atoms with van der Waals surface area (Å²) in [4.78, 5) is 37.2. The topological polar surface area (TPSA) is 126 Å². The number of nitrogens with zero attached hydrogens (tertiary/aromatic N) is 3. The van der Waals surface area contributed by atoms with Crippen molar-refractivity contribution in [2.75, 3.05) is 26.1 Å². The van der Waals surface area contributed by atoms with Gasteiger partial charge in [-0.15, -0.1) is 0 Å². The molecule has 10 nitrogen and oxygen atoms in total. The van der Waals surface area contributed by atoms with E-state index in [0.717, 1.165) is 36.8 Å². The van der Waals surface area contributed by atoms with Gasteiger partial charge in [0.15, 0.2) is 0 Å². The van der Waals surface area contributed by atoms with E-state index in [4.69, 9.17) is 21.1 Å². The summed E-state index contributed by atoms with van der Waals surface area (Å²) in [7, 11) is 3.33. The Morgan fingerprint density at radius 3 is 2.67 bits per heavy atom. The molecule has 1 aromatic heterocycles. The number of hydrogen-bond donors (Lipinski definition) is 3. The molecular formula is C31H36ClN5O5. The van der Waals surface area contributed by atoms with Crippen LogP contribution in [0.25, 0.3) is 11.3 Å². The minimum absolute atomic E-state index is 0.203. The van der Waals surface area contributed by atoms with Gasteiger partial charge < -0.3 is 30.1 Å². The lowest BCUT2D eigenvalue weighted by Crippen LogP contribution is -2.49. The van der Waals surface area contributed by atoms with Crippen molar-refractivity contribution in [1.29, 1.82) is 0 Å². The Labute approximate surface area is 250 Å². The van der Waals surface area contributed by atoms with Gasteiger partial charge in [0.05, 0.1) is 42.8 Å². The Kier molecular flexibility index (Phi) is 9.25. The molecule has 2 atom stereocenters. The number of ether oxygens (including phenoxy) is 2. The second-order valence-electron chi connectivity index (χ2n) is 10.8. The zero-order valence-electron chi connectivity index (χ0n) is 24.0. The fraction of sp³-hybridized carbons (Fsp3) is 0.419. The van der Waals surface area contributed by atoms with E-state index in [0.29, 0.717) is 39.6 Å². The van der Waals surface area contributed by atoms with Gasteiger partial charge in [0, 0.05) is 30.8 Å². The molecule has 2 aromatic carbocycles. The lowest BCUT2D eigenvalue weighted by Gasteiger charge is -2.28. The van der Waals surface area contributed by atoms with E-state index < -0.39 is 18.6 Å². The van der Waals surface area contributed by atoms with Gasteiger partial charge in [0.2, 0.25) is 11.9 Å². The first-order chi connectivity index (χ1) is 20.3. The van der Waals surface area contributed by atoms with Gasteiger partial charge in [-0.2, -0.15) is 0 Å². The summed E-state index contributed by atoms with van der Waals surface area (Å²) in [5.74, 6) is 0.372. The number of aliphatic hydroxyl groups excluding tert-OH is 1. The number of fused-ring (bicyclic) bond motifs is 1. The molecule has 1 aliphatic heterocycles. The molecule has 3 aromatic rings. The Bertz CT molecular complexity index is 1440. The maximum absolute atomic E-state index is 13.5. The lowest BCUT2D eigenvalue weighted by molar-refractivity contribution is -0.127. The number of nitrogens with one attached hydrogen (secondary N) is 2. The zero-order chi connectivity index (χ0) is 29.8. The number of aliphatic hydroxyl groups is 1. The summed E-state index contributed by atoms with van der Waals surface area (Å²) < 4.78 is 10.7. The molecule has 1 fully saturated rings. The van der Waals surface area contributed by atoms with Crippen molar-refractivity contribution in [2.24, 2.45) is 0 Å². The molecule has 2 amide bonds. The zero-order valence-corrected chi connectivity index (χ0v) is 24.7. The second kappa shape index (κ2) is 13.1. The van der Waals surface area contributed by atoms with Crippen molar-refractivity contribution in [3.05, 3.63) is 70.4 Å². The normalized spacial score (nSPS) is 19.6. The molecule has 0 spiro atoms. The first-order valence-electron chi connectivity index (χ1n) is 14.1. The highest BCUT2D eigenvalue weighted by molar-refractivity contribution is 6.33. The van der Waals surface area contributed by atoms with Crippen LogP contribution in [0.3, 0.4) is 0 Å². The summed E-state index contributed by atoms with van der Waals surface area (Å²) in [5, 5.41) is 16.8. The molecule has 0 unspecified atom stereocenters. The molecule has 0 saturated heterocycles. The van der Waals surface area contributed by atoms with Crippen LogP contribution >= 0.6 is 11.6 Å². The maximum Gasteiger partial charge on any atom is 0.255 e. The highest BCUT2D eigenvalue weighted by Gasteiger charge is 2.37. The van der Waals surface area contributed by atoms with Crippen LogP contribution in [0.2, 0.25) is 5.02 Å². The largest absolute Gasteiger partial charge is 0.497 e. The van der Waals surface area contributed by atoms with E-state index in [1.165, 1.54) is 4.90 Å². The van der Waals surface area contributed by atoms with Gasteiger partial charge >= 0.3 is 0 Å². The van der Waals surface area contributed by atoms with Crippen LogP contribution in [0.4, 0.5) is 5.95 Å². The van der Waals surface area contributed by atoms with Crippen LogP contribution in [-0.2, 0) is 16.1 Å². The molecule has 222 valence electrons. The quantitative estimate of drug-likeness (QED) is 0.316. The van der Waals surface area contributed by atoms with Crippen molar-refractivity contribution in [3.63, 3.8) is 0 Å². The fourth-order valence-electron chi connectivity index (χ4n) is 5.61. The van der Waals surface area contributed by atoms with Crippen LogP contribution in [0, 0.1) is 0 Å². The standard InChI is InChI=1S/C31H36ClN5O5/c1-18(19-5-4-6-24(13-19)42-3)34-29(39)27(17-38)37-16-21-8-7-20(14-25(21)30(37)40)28-26(32)15-33-31(36-28)35-22-9-11-23(41-2)12-10-22/h4-8,13-15,18,22-23,27,38H,9-12,16-17H2,1-3H3,(H,34,39)(H,33,35,36)/t18-,22-,23-,27-/m1/s1. The van der Waals surface area contributed by atoms with Crippen LogP contribution in [0.5, 0.6) is 5.75 Å². The number of rotatable bonds is 10. The smallest absolute Gasteiger partial charge is 0.255 e. The third kappa shape index (κ3) is 6.35. The predicted molar refractivity (Wildman–Crippen MR) is 159 cm³/mol. The molecule has 1 aliphatic carbocycles. The van der Waals surface area contributed by atoms with E-state index >= 15 is 0 Å². The van der Waals surface area contributed by atoms with E-state index in [-0.39, 0.29) is 24.5 Å². The van der Waals surface area contributed by atoms with Crippen molar-refractivity contribution >= 4 is 29.4 Å². The number of carbonyl (C=O) groups excluding carboxylic acids is 2. The summed E-state index contributed by atoms with van der Waals surface area (Å²) in [5.41, 5.74) is 3.23. The maximum atomic E-state index is 13.5. The van der Waals surface area contributed by atoms with E-state index in [2.05, 4.69) is 20.6 Å². The molecule has 0 bridgehead atoms. The number of anilines is 1. The van der Waals surface area contributed by atoms with Crippen LogP contribution < -0.4 is 15.4 Å². The highest BCUT2D eigenvalue weighted by Crippen LogP contribution is 2.33. The van der Waals surface area contributed by atoms with Crippen molar-refractivity contribution in [1.82, 2.24) is 20.2 Å². The first-order valence-corrected chi connectivity index (χ1v) is 14.5. The Morgan fingerprint density at radius 2 is 1.95 bits per heavy atom. The third-order valence-electron chi connectivity index (χ3n) is 8.10. The molecule has 0 radical (unpaired) electrons. The van der Waals surface area contributed by atoms with E-state index in [1.54, 1.807) is 26.5 Å². The number of halogens is 1. The number of hydrogen-bond acceptors (Lipinski definition) is 8. The number of methoxy groups -OCH3 is 2. The van der Waals surface area contributed by atoms with Crippen molar-refractivity contribution < 1.29 is 24.2 Å². The summed E-state index contributed by atoms with van der Waals surface area (Å²) in [6, 6.07) is 11.7. The number of amides is 2. The average Bonchev–Trinajstić information content (AvgIpc) is 3.33. The Balaban J connectivity index is 1.30. The third-order valence-corrected chi connectivity index (χ3v) is 8.38. The molecular weight excluding hydrogens is 558 g/mol. The number of benzene rings is 2. The molecule has 2 aliphatic rings. The Morgan fingerprint density at radius 1 is 1.17 bits per heavy atom. The average molecular weight is 594 g/mol. The minimum Gasteiger partial charge on any atom is -0.497 e. The molecule has 2 heterocycles. The van der Waals surface area contributed by atoms with Crippen LogP contribution in [0.1, 0.15) is 60.1 Å². The molecule has 42 heavy (non-hydrogen) atoms. The van der Waals surface area contributed by atoms with E-state index in [9.17, 15) is 14.7 Å². The summed E-state index contributed by atoms with van der Waals surface area (Å²) >= 11 is 6.50. The fourth-order valence-corrected chi connectivity index (χ4v) is 5.81. The Hall–Kier alpha value is -3.73. The minimum atomic E-state index is -1.05. The van der Waals surface area contributed by atoms with E-state index in [1.807, 2.05) is 43.3 Å². The number of carbonyl (C=O) groups is 2. The first kappa shape index (κ1) is 29.8. The van der Waals surface area contributed by atoms with Gasteiger partial charge in [-0.1, -0.05) is 35.9 Å². The van der Waals surface area contributed by atoms with Gasteiger partial charge in [0.1, 0.15) is 11.8 Å². The molecule has 3 N–H and O–H groups in total. The predicted octanol–water partition coefficient (Wildman–Crippen LogP) is 4.37. The van der Waals surface area contributed by atoms with Crippen molar-refractivity contribution in [2.45, 2.75) is 63.4 Å². The van der Waals surface area contributed by atoms with Crippen molar-refractivity contribution in [3.8, 4) is 17.0 Å². The second-order valence-corrected chi connectivity index (χ2v) is 11.2. The van der Waals surface area contributed by atoms with Crippen LogP contribution in [-0.4, -0.2) is 70.8 Å². The molecule has 11 heteroatoms. The lowest BCUT2D eigenvalue weighted by atomic mass is 9.93. The molecule has 5 rings (SSSR count). The summed E-state index contributed by atoms with van der Waals surface area (Å²) in [6.07, 6.45) is 5.72. The summed E-state index contributed by atoms with van der Waals surface area (Å²) in [6.45, 7) is 1.53. The van der Waals surface area contributed by atoms with Gasteiger partial charge in [-0.3, -0.25) is 9.59 Å². The molecule has 1 saturated carbocycles. The van der Waals surface area contributed by atoms with Gasteiger partial charge in [-0.05, 0) is 61.9 Å². The SMILES string of the molecule is COc1cccc([C@@H](C)NC(=O)[C@@H](CO)N2Cc3ccc(-c4nc(N[C@H]5CC[C@H](OC)CC5)ncc4Cl)cc3C2=O)c1. The van der Waals surface area contributed by atoms with Gasteiger partial charge in [-0.25, -0.2) is 9.97 Å². The van der Waals surface area contributed by atoms with Crippen LogP contribution in [0.15, 0.2) is 48.7 Å².